The number of nitrogens with zero attached hydrogens (tertiary/aromatic N) is 2. The van der Waals surface area contributed by atoms with Gasteiger partial charge < -0.3 is 10.2 Å². The molecular weight excluding hydrogens is 298 g/mol. The average molecular weight is 327 g/mol. The van der Waals surface area contributed by atoms with Gasteiger partial charge in [0.1, 0.15) is 0 Å². The molecule has 2 aliphatic heterocycles. The minimum absolute atomic E-state index is 0.304. The number of hydrogen-bond acceptors (Lipinski definition) is 3. The predicted molar refractivity (Wildman–Crippen MR) is 98.8 cm³/mol. The quantitative estimate of drug-likeness (QED) is 0.920. The van der Waals surface area contributed by atoms with Crippen molar-refractivity contribution in [2.75, 3.05) is 45.8 Å². The van der Waals surface area contributed by atoms with E-state index in [9.17, 15) is 4.79 Å². The number of amides is 1. The summed E-state index contributed by atoms with van der Waals surface area (Å²) in [7, 11) is 0. The Morgan fingerprint density at radius 1 is 1.12 bits per heavy atom. The first-order chi connectivity index (χ1) is 11.7. The third-order valence-corrected chi connectivity index (χ3v) is 5.10. The SMILES string of the molecule is Cc1ccc(/C=C/C2CCN(C(=O)CN3CCNCC3)CC2)cc1. The van der Waals surface area contributed by atoms with Crippen molar-refractivity contribution in [2.24, 2.45) is 5.92 Å². The molecule has 0 bridgehead atoms. The summed E-state index contributed by atoms with van der Waals surface area (Å²) < 4.78 is 0. The van der Waals surface area contributed by atoms with Crippen LogP contribution in [-0.4, -0.2) is 61.5 Å². The molecule has 2 fully saturated rings. The molecule has 0 atom stereocenters. The number of carbonyl (C=O) groups excluding carboxylic acids is 1. The number of rotatable bonds is 4. The summed E-state index contributed by atoms with van der Waals surface area (Å²) >= 11 is 0. The van der Waals surface area contributed by atoms with Crippen molar-refractivity contribution in [2.45, 2.75) is 19.8 Å². The third-order valence-electron chi connectivity index (χ3n) is 5.10. The molecule has 4 nitrogen and oxygen atoms in total. The van der Waals surface area contributed by atoms with E-state index in [2.05, 4.69) is 58.5 Å². The fourth-order valence-corrected chi connectivity index (χ4v) is 3.43. The lowest BCUT2D eigenvalue weighted by Crippen LogP contribution is -2.49. The van der Waals surface area contributed by atoms with E-state index in [4.69, 9.17) is 0 Å². The van der Waals surface area contributed by atoms with E-state index in [-0.39, 0.29) is 0 Å². The van der Waals surface area contributed by atoms with E-state index >= 15 is 0 Å². The number of benzene rings is 1. The largest absolute Gasteiger partial charge is 0.342 e. The lowest BCUT2D eigenvalue weighted by Gasteiger charge is -2.33. The van der Waals surface area contributed by atoms with E-state index in [1.54, 1.807) is 0 Å². The molecule has 1 aromatic rings. The first-order valence-corrected chi connectivity index (χ1v) is 9.16. The summed E-state index contributed by atoms with van der Waals surface area (Å²) in [5, 5.41) is 3.33. The van der Waals surface area contributed by atoms with Crippen molar-refractivity contribution < 1.29 is 4.79 Å². The normalized spacial score (nSPS) is 20.6. The van der Waals surface area contributed by atoms with Crippen molar-refractivity contribution in [1.82, 2.24) is 15.1 Å². The van der Waals surface area contributed by atoms with Crippen molar-refractivity contribution in [3.63, 3.8) is 0 Å². The molecule has 1 amide bonds. The Morgan fingerprint density at radius 3 is 2.46 bits per heavy atom. The van der Waals surface area contributed by atoms with Crippen LogP contribution in [-0.2, 0) is 4.79 Å². The number of likely N-dealkylation sites (tertiary alicyclic amines) is 1. The molecule has 130 valence electrons. The second-order valence-corrected chi connectivity index (χ2v) is 7.01. The van der Waals surface area contributed by atoms with Gasteiger partial charge in [0, 0.05) is 39.3 Å². The van der Waals surface area contributed by atoms with Gasteiger partial charge in [-0.15, -0.1) is 0 Å². The van der Waals surface area contributed by atoms with Gasteiger partial charge in [-0.3, -0.25) is 9.69 Å². The number of allylic oxidation sites excluding steroid dienone is 1. The van der Waals surface area contributed by atoms with Gasteiger partial charge in [0.05, 0.1) is 6.54 Å². The van der Waals surface area contributed by atoms with E-state index in [1.807, 2.05) is 0 Å². The molecule has 2 heterocycles. The zero-order valence-electron chi connectivity index (χ0n) is 14.7. The van der Waals surface area contributed by atoms with Crippen LogP contribution in [0.15, 0.2) is 30.3 Å². The van der Waals surface area contributed by atoms with E-state index < -0.39 is 0 Å². The Hall–Kier alpha value is -1.65. The van der Waals surface area contributed by atoms with Crippen molar-refractivity contribution >= 4 is 12.0 Å². The van der Waals surface area contributed by atoms with Crippen LogP contribution in [0.4, 0.5) is 0 Å². The van der Waals surface area contributed by atoms with Gasteiger partial charge in [0.2, 0.25) is 5.91 Å². The van der Waals surface area contributed by atoms with Crippen molar-refractivity contribution in [1.29, 1.82) is 0 Å². The smallest absolute Gasteiger partial charge is 0.236 e. The Bertz CT molecular complexity index is 553. The second kappa shape index (κ2) is 8.45. The molecule has 24 heavy (non-hydrogen) atoms. The molecule has 0 saturated carbocycles. The molecule has 2 aliphatic rings. The number of carbonyl (C=O) groups is 1. The average Bonchev–Trinajstić information content (AvgIpc) is 2.62. The van der Waals surface area contributed by atoms with E-state index in [0.29, 0.717) is 18.4 Å². The molecule has 0 radical (unpaired) electrons. The predicted octanol–water partition coefficient (Wildman–Crippen LogP) is 2.15. The first-order valence-electron chi connectivity index (χ1n) is 9.16. The van der Waals surface area contributed by atoms with E-state index in [1.165, 1.54) is 11.1 Å². The Labute approximate surface area is 145 Å². The highest BCUT2D eigenvalue weighted by Gasteiger charge is 2.23. The fraction of sp³-hybridized carbons (Fsp3) is 0.550. The highest BCUT2D eigenvalue weighted by Crippen LogP contribution is 2.20. The van der Waals surface area contributed by atoms with Crippen LogP contribution < -0.4 is 5.32 Å². The van der Waals surface area contributed by atoms with Gasteiger partial charge in [0.15, 0.2) is 0 Å². The van der Waals surface area contributed by atoms with Crippen LogP contribution in [0.1, 0.15) is 24.0 Å². The zero-order chi connectivity index (χ0) is 16.8. The highest BCUT2D eigenvalue weighted by atomic mass is 16.2. The summed E-state index contributed by atoms with van der Waals surface area (Å²) in [6.45, 7) is 8.47. The number of piperidine rings is 1. The molecule has 0 spiro atoms. The molecule has 0 aromatic heterocycles. The van der Waals surface area contributed by atoms with Gasteiger partial charge in [-0.1, -0.05) is 42.0 Å². The monoisotopic (exact) mass is 327 g/mol. The summed E-state index contributed by atoms with van der Waals surface area (Å²) in [6, 6.07) is 8.63. The van der Waals surface area contributed by atoms with Crippen LogP contribution in [0, 0.1) is 12.8 Å². The number of hydrogen-bond donors (Lipinski definition) is 1. The first kappa shape index (κ1) is 17.2. The van der Waals surface area contributed by atoms with Gasteiger partial charge >= 0.3 is 0 Å². The zero-order valence-corrected chi connectivity index (χ0v) is 14.7. The van der Waals surface area contributed by atoms with Crippen LogP contribution in [0.25, 0.3) is 6.08 Å². The van der Waals surface area contributed by atoms with Gasteiger partial charge in [-0.25, -0.2) is 0 Å². The molecule has 4 heteroatoms. The molecule has 2 saturated heterocycles. The maximum atomic E-state index is 12.4. The standard InChI is InChI=1S/C20H29N3O/c1-17-2-4-18(5-3-17)6-7-19-8-12-23(13-9-19)20(24)16-22-14-10-21-11-15-22/h2-7,19,21H,8-16H2,1H3/b7-6+. The summed E-state index contributed by atoms with van der Waals surface area (Å²) in [5.74, 6) is 0.896. The topological polar surface area (TPSA) is 35.6 Å². The number of piperazine rings is 1. The van der Waals surface area contributed by atoms with Crippen LogP contribution >= 0.6 is 0 Å². The van der Waals surface area contributed by atoms with Gasteiger partial charge in [-0.2, -0.15) is 0 Å². The van der Waals surface area contributed by atoms with Gasteiger partial charge in [0.25, 0.3) is 0 Å². The maximum absolute atomic E-state index is 12.4. The lowest BCUT2D eigenvalue weighted by atomic mass is 9.95. The summed E-state index contributed by atoms with van der Waals surface area (Å²) in [6.07, 6.45) is 6.70. The molecule has 1 N–H and O–H groups in total. The molecule has 3 rings (SSSR count). The van der Waals surface area contributed by atoms with Gasteiger partial charge in [-0.05, 0) is 31.2 Å². The Kier molecular flexibility index (Phi) is 6.05. The molecule has 0 unspecified atom stereocenters. The molecular formula is C20H29N3O. The van der Waals surface area contributed by atoms with Crippen LogP contribution in [0.3, 0.4) is 0 Å². The minimum Gasteiger partial charge on any atom is -0.342 e. The van der Waals surface area contributed by atoms with Crippen molar-refractivity contribution in [3.8, 4) is 0 Å². The molecule has 1 aromatic carbocycles. The lowest BCUT2D eigenvalue weighted by molar-refractivity contribution is -0.133. The number of aryl methyl sites for hydroxylation is 1. The van der Waals surface area contributed by atoms with Crippen molar-refractivity contribution in [3.05, 3.63) is 41.5 Å². The highest BCUT2D eigenvalue weighted by molar-refractivity contribution is 5.78. The summed E-state index contributed by atoms with van der Waals surface area (Å²) in [5.41, 5.74) is 2.56. The number of nitrogens with one attached hydrogen (secondary N) is 1. The van der Waals surface area contributed by atoms with Crippen LogP contribution in [0.5, 0.6) is 0 Å². The third kappa shape index (κ3) is 4.92. The summed E-state index contributed by atoms with van der Waals surface area (Å²) in [4.78, 5) is 16.7. The molecule has 0 aliphatic carbocycles. The fourth-order valence-electron chi connectivity index (χ4n) is 3.43. The Morgan fingerprint density at radius 2 is 1.79 bits per heavy atom. The Balaban J connectivity index is 1.43. The maximum Gasteiger partial charge on any atom is 0.236 e. The van der Waals surface area contributed by atoms with Crippen LogP contribution in [0.2, 0.25) is 0 Å². The van der Waals surface area contributed by atoms with E-state index in [0.717, 1.165) is 52.1 Å². The second-order valence-electron chi connectivity index (χ2n) is 7.01. The minimum atomic E-state index is 0.304.